The van der Waals surface area contributed by atoms with Gasteiger partial charge in [0.05, 0.1) is 22.1 Å². The molecule has 8 nitrogen and oxygen atoms in total. The number of sulfonamides is 1. The number of rotatable bonds is 6. The van der Waals surface area contributed by atoms with E-state index in [0.717, 1.165) is 4.31 Å². The summed E-state index contributed by atoms with van der Waals surface area (Å²) >= 11 is 0. The summed E-state index contributed by atoms with van der Waals surface area (Å²) in [5.74, 6) is -1.31. The van der Waals surface area contributed by atoms with Crippen LogP contribution in [-0.2, 0) is 19.6 Å². The van der Waals surface area contributed by atoms with Crippen molar-refractivity contribution in [2.24, 2.45) is 0 Å². The number of anilines is 1. The van der Waals surface area contributed by atoms with E-state index in [2.05, 4.69) is 5.32 Å². The van der Waals surface area contributed by atoms with Crippen molar-refractivity contribution in [2.75, 3.05) is 19.4 Å². The fraction of sp³-hybridized carbons (Fsp3) is 0.250. The van der Waals surface area contributed by atoms with Crippen LogP contribution in [0.2, 0.25) is 0 Å². The van der Waals surface area contributed by atoms with Crippen LogP contribution >= 0.6 is 0 Å². The predicted molar refractivity (Wildman–Crippen MR) is 107 cm³/mol. The standard InChI is InChI=1S/C20H21N3O5S/c1-13-5-10-17(29(26,27)23(3)4)11-18(13)22-19(24)14(2)28-20(25)16-8-6-15(12-21)7-9-16/h5-11,14H,1-4H3,(H,22,24)/t14-/m0/s1. The highest BCUT2D eigenvalue weighted by Gasteiger charge is 2.22. The highest BCUT2D eigenvalue weighted by atomic mass is 32.2. The lowest BCUT2D eigenvalue weighted by molar-refractivity contribution is -0.123. The largest absolute Gasteiger partial charge is 0.449 e. The normalized spacial score (nSPS) is 12.1. The number of ether oxygens (including phenoxy) is 1. The van der Waals surface area contributed by atoms with E-state index in [4.69, 9.17) is 10.00 Å². The van der Waals surface area contributed by atoms with Crippen molar-refractivity contribution >= 4 is 27.6 Å². The Bertz CT molecular complexity index is 1070. The minimum atomic E-state index is -3.66. The highest BCUT2D eigenvalue weighted by molar-refractivity contribution is 7.89. The van der Waals surface area contributed by atoms with E-state index in [0.29, 0.717) is 16.8 Å². The van der Waals surface area contributed by atoms with E-state index in [1.54, 1.807) is 13.0 Å². The van der Waals surface area contributed by atoms with E-state index in [9.17, 15) is 18.0 Å². The topological polar surface area (TPSA) is 117 Å². The average molecular weight is 415 g/mol. The first-order chi connectivity index (χ1) is 13.6. The maximum atomic E-state index is 12.4. The number of aryl methyl sites for hydroxylation is 1. The van der Waals surface area contributed by atoms with Crippen molar-refractivity contribution in [1.82, 2.24) is 4.31 Å². The van der Waals surface area contributed by atoms with E-state index >= 15 is 0 Å². The lowest BCUT2D eigenvalue weighted by Gasteiger charge is -2.17. The van der Waals surface area contributed by atoms with Crippen molar-refractivity contribution in [3.05, 3.63) is 59.2 Å². The Morgan fingerprint density at radius 2 is 1.76 bits per heavy atom. The van der Waals surface area contributed by atoms with E-state index in [1.165, 1.54) is 57.4 Å². The fourth-order valence-electron chi connectivity index (χ4n) is 2.30. The van der Waals surface area contributed by atoms with Crippen LogP contribution in [0, 0.1) is 18.3 Å². The molecule has 0 aliphatic carbocycles. The minimum Gasteiger partial charge on any atom is -0.449 e. The van der Waals surface area contributed by atoms with Gasteiger partial charge in [0.2, 0.25) is 10.0 Å². The number of carbonyl (C=O) groups is 2. The number of nitriles is 1. The quantitative estimate of drug-likeness (QED) is 0.724. The lowest BCUT2D eigenvalue weighted by Crippen LogP contribution is -2.30. The zero-order valence-corrected chi connectivity index (χ0v) is 17.3. The Balaban J connectivity index is 2.13. The molecule has 0 spiro atoms. The second-order valence-corrected chi connectivity index (χ2v) is 8.64. The van der Waals surface area contributed by atoms with Crippen LogP contribution in [0.25, 0.3) is 0 Å². The molecule has 0 heterocycles. The van der Waals surface area contributed by atoms with Gasteiger partial charge in [0.1, 0.15) is 0 Å². The summed E-state index contributed by atoms with van der Waals surface area (Å²) in [6.07, 6.45) is -1.12. The monoisotopic (exact) mass is 415 g/mol. The molecule has 0 bridgehead atoms. The van der Waals surface area contributed by atoms with Gasteiger partial charge in [-0.15, -0.1) is 0 Å². The summed E-state index contributed by atoms with van der Waals surface area (Å²) in [6.45, 7) is 3.13. The Hall–Kier alpha value is -3.22. The van der Waals surface area contributed by atoms with Crippen LogP contribution in [0.3, 0.4) is 0 Å². The molecule has 0 fully saturated rings. The molecule has 1 N–H and O–H groups in total. The second kappa shape index (κ2) is 8.86. The first-order valence-electron chi connectivity index (χ1n) is 8.61. The van der Waals surface area contributed by atoms with Crippen LogP contribution in [0.5, 0.6) is 0 Å². The third kappa shape index (κ3) is 5.19. The summed E-state index contributed by atoms with van der Waals surface area (Å²) in [5.41, 5.74) is 1.56. The summed E-state index contributed by atoms with van der Waals surface area (Å²) in [4.78, 5) is 24.6. The number of hydrogen-bond donors (Lipinski definition) is 1. The summed E-state index contributed by atoms with van der Waals surface area (Å²) in [6, 6.07) is 12.2. The van der Waals surface area contributed by atoms with E-state index < -0.39 is 28.0 Å². The van der Waals surface area contributed by atoms with E-state index in [-0.39, 0.29) is 10.5 Å². The lowest BCUT2D eigenvalue weighted by atomic mass is 10.1. The summed E-state index contributed by atoms with van der Waals surface area (Å²) in [7, 11) is -0.830. The molecule has 1 atom stereocenters. The summed E-state index contributed by atoms with van der Waals surface area (Å²) < 4.78 is 30.8. The van der Waals surface area contributed by atoms with Crippen molar-refractivity contribution < 1.29 is 22.7 Å². The number of benzene rings is 2. The van der Waals surface area contributed by atoms with Crippen LogP contribution in [-0.4, -0.2) is 44.8 Å². The molecule has 152 valence electrons. The zero-order valence-electron chi connectivity index (χ0n) is 16.5. The minimum absolute atomic E-state index is 0.0330. The van der Waals surface area contributed by atoms with E-state index in [1.807, 2.05) is 6.07 Å². The van der Waals surface area contributed by atoms with Gasteiger partial charge in [0, 0.05) is 19.8 Å². The van der Waals surface area contributed by atoms with Gasteiger partial charge in [-0.05, 0) is 55.8 Å². The molecule has 0 aliphatic rings. The molecule has 0 aliphatic heterocycles. The molecule has 0 saturated heterocycles. The summed E-state index contributed by atoms with van der Waals surface area (Å²) in [5, 5.41) is 11.4. The molecule has 1 amide bonds. The Morgan fingerprint density at radius 1 is 1.14 bits per heavy atom. The van der Waals surface area contributed by atoms with Gasteiger partial charge in [0.25, 0.3) is 5.91 Å². The van der Waals surface area contributed by atoms with Crippen LogP contribution in [0.15, 0.2) is 47.4 Å². The van der Waals surface area contributed by atoms with Crippen LogP contribution in [0.4, 0.5) is 5.69 Å². The van der Waals surface area contributed by atoms with Gasteiger partial charge in [-0.3, -0.25) is 4.79 Å². The van der Waals surface area contributed by atoms with Gasteiger partial charge in [0.15, 0.2) is 6.10 Å². The van der Waals surface area contributed by atoms with Crippen molar-refractivity contribution in [3.8, 4) is 6.07 Å². The Labute approximate surface area is 169 Å². The maximum absolute atomic E-state index is 12.4. The highest BCUT2D eigenvalue weighted by Crippen LogP contribution is 2.22. The van der Waals surface area contributed by atoms with Crippen LogP contribution < -0.4 is 5.32 Å². The zero-order chi connectivity index (χ0) is 21.8. The third-order valence-electron chi connectivity index (χ3n) is 4.15. The first kappa shape index (κ1) is 22.1. The molecule has 0 radical (unpaired) electrons. The van der Waals surface area contributed by atoms with Gasteiger partial charge in [-0.25, -0.2) is 17.5 Å². The first-order valence-corrected chi connectivity index (χ1v) is 10.1. The molecule has 29 heavy (non-hydrogen) atoms. The molecule has 2 aromatic carbocycles. The number of nitrogens with one attached hydrogen (secondary N) is 1. The van der Waals surface area contributed by atoms with Crippen molar-refractivity contribution in [1.29, 1.82) is 5.26 Å². The average Bonchev–Trinajstić information content (AvgIpc) is 2.69. The number of nitrogens with zero attached hydrogens (tertiary/aromatic N) is 2. The molecule has 2 rings (SSSR count). The molecule has 0 unspecified atom stereocenters. The molecular formula is C20H21N3O5S. The van der Waals surface area contributed by atoms with Crippen LogP contribution in [0.1, 0.15) is 28.4 Å². The van der Waals surface area contributed by atoms with Crippen molar-refractivity contribution in [3.63, 3.8) is 0 Å². The van der Waals surface area contributed by atoms with Crippen molar-refractivity contribution in [2.45, 2.75) is 24.8 Å². The number of esters is 1. The molecular weight excluding hydrogens is 394 g/mol. The van der Waals surface area contributed by atoms with Gasteiger partial charge in [-0.2, -0.15) is 5.26 Å². The smallest absolute Gasteiger partial charge is 0.338 e. The number of hydrogen-bond acceptors (Lipinski definition) is 6. The third-order valence-corrected chi connectivity index (χ3v) is 5.96. The Morgan fingerprint density at radius 3 is 2.31 bits per heavy atom. The molecule has 0 aromatic heterocycles. The maximum Gasteiger partial charge on any atom is 0.338 e. The second-order valence-electron chi connectivity index (χ2n) is 6.49. The fourth-order valence-corrected chi connectivity index (χ4v) is 3.23. The number of carbonyl (C=O) groups excluding carboxylic acids is 2. The van der Waals surface area contributed by atoms with Gasteiger partial charge in [-0.1, -0.05) is 6.07 Å². The molecule has 9 heteroatoms. The van der Waals surface area contributed by atoms with Gasteiger partial charge >= 0.3 is 5.97 Å². The SMILES string of the molecule is Cc1ccc(S(=O)(=O)N(C)C)cc1NC(=O)[C@H](C)OC(=O)c1ccc(C#N)cc1. The Kier molecular flexibility index (Phi) is 6.74. The molecule has 2 aromatic rings. The predicted octanol–water partition coefficient (Wildman–Crippen LogP) is 2.30. The molecule has 0 saturated carbocycles. The van der Waals surface area contributed by atoms with Gasteiger partial charge < -0.3 is 10.1 Å². The number of amides is 1.